The van der Waals surface area contributed by atoms with E-state index in [2.05, 4.69) is 20.9 Å². The number of rotatable bonds is 1. The van der Waals surface area contributed by atoms with Gasteiger partial charge in [-0.2, -0.15) is 0 Å². The number of aromatic nitrogens is 1. The van der Waals surface area contributed by atoms with Crippen LogP contribution >= 0.6 is 27.3 Å². The Hall–Kier alpha value is -0.810. The van der Waals surface area contributed by atoms with Crippen molar-refractivity contribution in [3.05, 3.63) is 21.7 Å². The molecule has 0 saturated heterocycles. The van der Waals surface area contributed by atoms with Crippen molar-refractivity contribution in [1.82, 2.24) is 4.98 Å². The van der Waals surface area contributed by atoms with Crippen LogP contribution < -0.4 is 5.73 Å². The van der Waals surface area contributed by atoms with E-state index in [0.717, 1.165) is 17.0 Å². The molecule has 0 aromatic carbocycles. The Kier molecular flexibility index (Phi) is 2.13. The summed E-state index contributed by atoms with van der Waals surface area (Å²) < 4.78 is 6.13. The number of furan rings is 1. The molecule has 2 N–H and O–H groups in total. The Balaban J connectivity index is 2.51. The van der Waals surface area contributed by atoms with Gasteiger partial charge in [-0.25, -0.2) is 4.98 Å². The number of halogens is 1. The molecule has 0 bridgehead atoms. The molecule has 2 aromatic rings. The van der Waals surface area contributed by atoms with Gasteiger partial charge < -0.3 is 10.2 Å². The fourth-order valence-corrected chi connectivity index (χ4v) is 2.14. The summed E-state index contributed by atoms with van der Waals surface area (Å²) in [5.41, 5.74) is 7.38. The molecule has 5 heteroatoms. The Morgan fingerprint density at radius 2 is 2.38 bits per heavy atom. The summed E-state index contributed by atoms with van der Waals surface area (Å²) in [5.74, 6) is 0.778. The lowest BCUT2D eigenvalue weighted by Gasteiger charge is -1.90. The van der Waals surface area contributed by atoms with Gasteiger partial charge in [0.1, 0.15) is 5.69 Å². The van der Waals surface area contributed by atoms with E-state index in [1.54, 1.807) is 0 Å². The second-order valence-corrected chi connectivity index (χ2v) is 4.30. The quantitative estimate of drug-likeness (QED) is 0.856. The fourth-order valence-electron chi connectivity index (χ4n) is 1.09. The topological polar surface area (TPSA) is 52.0 Å². The van der Waals surface area contributed by atoms with Crippen molar-refractivity contribution >= 4 is 32.4 Å². The van der Waals surface area contributed by atoms with Crippen molar-refractivity contribution in [2.24, 2.45) is 0 Å². The van der Waals surface area contributed by atoms with E-state index in [-0.39, 0.29) is 0 Å². The molecule has 2 heterocycles. The number of hydrogen-bond acceptors (Lipinski definition) is 4. The first-order valence-corrected chi connectivity index (χ1v) is 5.31. The van der Waals surface area contributed by atoms with Gasteiger partial charge in [0.25, 0.3) is 0 Å². The molecule has 0 fully saturated rings. The second-order valence-electron chi connectivity index (χ2n) is 2.63. The Labute approximate surface area is 87.7 Å². The van der Waals surface area contributed by atoms with E-state index in [9.17, 15) is 0 Å². The van der Waals surface area contributed by atoms with Crippen LogP contribution in [-0.2, 0) is 0 Å². The van der Waals surface area contributed by atoms with E-state index in [4.69, 9.17) is 10.2 Å². The lowest BCUT2D eigenvalue weighted by atomic mass is 10.2. The second kappa shape index (κ2) is 3.16. The van der Waals surface area contributed by atoms with Crippen molar-refractivity contribution in [2.45, 2.75) is 6.92 Å². The zero-order valence-corrected chi connectivity index (χ0v) is 9.28. The van der Waals surface area contributed by atoms with Crippen LogP contribution in [0.25, 0.3) is 11.5 Å². The maximum atomic E-state index is 5.53. The fraction of sp³-hybridized carbons (Fsp3) is 0.125. The molecule has 0 amide bonds. The number of aryl methyl sites for hydroxylation is 1. The molecular weight excluding hydrogens is 252 g/mol. The molecule has 0 saturated carbocycles. The van der Waals surface area contributed by atoms with Crippen LogP contribution in [0.15, 0.2) is 20.5 Å². The lowest BCUT2D eigenvalue weighted by Crippen LogP contribution is -1.82. The first kappa shape index (κ1) is 8.77. The third kappa shape index (κ3) is 1.62. The number of thiazole rings is 1. The van der Waals surface area contributed by atoms with Crippen LogP contribution in [0, 0.1) is 6.92 Å². The summed E-state index contributed by atoms with van der Waals surface area (Å²) in [5, 5.41) is 2.44. The van der Waals surface area contributed by atoms with E-state index in [1.165, 1.54) is 11.3 Å². The van der Waals surface area contributed by atoms with E-state index < -0.39 is 0 Å². The molecule has 0 aliphatic rings. The van der Waals surface area contributed by atoms with Gasteiger partial charge in [-0.1, -0.05) is 0 Å². The van der Waals surface area contributed by atoms with Crippen LogP contribution in [0.1, 0.15) is 5.56 Å². The highest BCUT2D eigenvalue weighted by Crippen LogP contribution is 2.30. The van der Waals surface area contributed by atoms with Crippen LogP contribution in [-0.4, -0.2) is 4.98 Å². The van der Waals surface area contributed by atoms with E-state index in [0.29, 0.717) is 9.80 Å². The zero-order chi connectivity index (χ0) is 9.42. The average Bonchev–Trinajstić information content (AvgIpc) is 2.58. The van der Waals surface area contributed by atoms with Crippen molar-refractivity contribution < 1.29 is 4.42 Å². The maximum Gasteiger partial charge on any atom is 0.180 e. The minimum atomic E-state index is 0.557. The highest BCUT2D eigenvalue weighted by Gasteiger charge is 2.10. The molecule has 0 unspecified atom stereocenters. The molecule has 0 spiro atoms. The lowest BCUT2D eigenvalue weighted by molar-refractivity contribution is 0.553. The van der Waals surface area contributed by atoms with Gasteiger partial charge in [0.15, 0.2) is 15.6 Å². The van der Waals surface area contributed by atoms with Crippen molar-refractivity contribution in [3.8, 4) is 11.5 Å². The van der Waals surface area contributed by atoms with Crippen molar-refractivity contribution in [2.75, 3.05) is 5.73 Å². The Bertz CT molecular complexity index is 435. The van der Waals surface area contributed by atoms with Crippen LogP contribution in [0.5, 0.6) is 0 Å². The largest absolute Gasteiger partial charge is 0.447 e. The van der Waals surface area contributed by atoms with Crippen LogP contribution in [0.4, 0.5) is 5.13 Å². The third-order valence-corrected chi connectivity index (χ3v) is 2.71. The van der Waals surface area contributed by atoms with Crippen LogP contribution in [0.2, 0.25) is 0 Å². The zero-order valence-electron chi connectivity index (χ0n) is 6.87. The summed E-state index contributed by atoms with van der Waals surface area (Å²) in [6.45, 7) is 1.97. The smallest absolute Gasteiger partial charge is 0.180 e. The maximum absolute atomic E-state index is 5.53. The third-order valence-electron chi connectivity index (χ3n) is 1.64. The standard InChI is InChI=1S/C8H7BrN2OS/c1-4-2-6(9)12-7(4)5-3-13-8(10)11-5/h2-3H,1H3,(H2,10,11). The highest BCUT2D eigenvalue weighted by atomic mass is 79.9. The van der Waals surface area contributed by atoms with Gasteiger partial charge in [-0.15, -0.1) is 11.3 Å². The molecular formula is C8H7BrN2OS. The summed E-state index contributed by atoms with van der Waals surface area (Å²) in [7, 11) is 0. The Morgan fingerprint density at radius 1 is 1.62 bits per heavy atom. The molecule has 3 nitrogen and oxygen atoms in total. The average molecular weight is 259 g/mol. The highest BCUT2D eigenvalue weighted by molar-refractivity contribution is 9.10. The number of nitrogen functional groups attached to an aromatic ring is 1. The number of anilines is 1. The molecule has 2 rings (SSSR count). The van der Waals surface area contributed by atoms with Gasteiger partial charge in [-0.05, 0) is 34.5 Å². The summed E-state index contributed by atoms with van der Waals surface area (Å²) in [4.78, 5) is 4.14. The van der Waals surface area contributed by atoms with Gasteiger partial charge in [0.2, 0.25) is 0 Å². The number of nitrogens with zero attached hydrogens (tertiary/aromatic N) is 1. The van der Waals surface area contributed by atoms with Gasteiger partial charge >= 0.3 is 0 Å². The monoisotopic (exact) mass is 258 g/mol. The first-order valence-electron chi connectivity index (χ1n) is 3.64. The molecule has 2 aromatic heterocycles. The van der Waals surface area contributed by atoms with Gasteiger partial charge in [-0.3, -0.25) is 0 Å². The van der Waals surface area contributed by atoms with Crippen molar-refractivity contribution in [3.63, 3.8) is 0 Å². The van der Waals surface area contributed by atoms with Gasteiger partial charge in [0.05, 0.1) is 0 Å². The molecule has 0 aliphatic heterocycles. The number of hydrogen-bond donors (Lipinski definition) is 1. The number of nitrogens with two attached hydrogens (primary N) is 1. The summed E-state index contributed by atoms with van der Waals surface area (Å²) in [6.07, 6.45) is 0. The van der Waals surface area contributed by atoms with Gasteiger partial charge in [0, 0.05) is 5.38 Å². The van der Waals surface area contributed by atoms with Crippen LogP contribution in [0.3, 0.4) is 0 Å². The molecule has 0 aliphatic carbocycles. The SMILES string of the molecule is Cc1cc(Br)oc1-c1csc(N)n1. The molecule has 0 radical (unpaired) electrons. The molecule has 68 valence electrons. The van der Waals surface area contributed by atoms with Crippen molar-refractivity contribution in [1.29, 1.82) is 0 Å². The summed E-state index contributed by atoms with van der Waals surface area (Å²) in [6, 6.07) is 1.91. The minimum Gasteiger partial charge on any atom is -0.447 e. The summed E-state index contributed by atoms with van der Waals surface area (Å²) >= 11 is 4.67. The normalized spacial score (nSPS) is 10.6. The predicted molar refractivity (Wildman–Crippen MR) is 56.7 cm³/mol. The molecule has 0 atom stereocenters. The molecule has 13 heavy (non-hydrogen) atoms. The van der Waals surface area contributed by atoms with E-state index in [1.807, 2.05) is 18.4 Å². The Morgan fingerprint density at radius 3 is 2.85 bits per heavy atom. The predicted octanol–water partition coefficient (Wildman–Crippen LogP) is 3.06. The van der Waals surface area contributed by atoms with E-state index >= 15 is 0 Å². The first-order chi connectivity index (χ1) is 6.16. The minimum absolute atomic E-state index is 0.557.